The van der Waals surface area contributed by atoms with Gasteiger partial charge in [0.2, 0.25) is 0 Å². The summed E-state index contributed by atoms with van der Waals surface area (Å²) in [4.78, 5) is 10.5. The number of nitro benzene ring substituents is 1. The van der Waals surface area contributed by atoms with E-state index in [4.69, 9.17) is 4.74 Å². The quantitative estimate of drug-likeness (QED) is 0.470. The molecule has 0 saturated heterocycles. The van der Waals surface area contributed by atoms with E-state index < -0.39 is 4.92 Å². The molecule has 1 fully saturated rings. The lowest BCUT2D eigenvalue weighted by molar-refractivity contribution is -0.386. The molecule has 0 spiro atoms. The third kappa shape index (κ3) is 2.83. The van der Waals surface area contributed by atoms with Crippen LogP contribution in [-0.2, 0) is 0 Å². The molecule has 1 saturated carbocycles. The van der Waals surface area contributed by atoms with Gasteiger partial charge >= 0.3 is 5.69 Å². The van der Waals surface area contributed by atoms with Gasteiger partial charge in [0.15, 0.2) is 5.75 Å². The molecule has 4 nitrogen and oxygen atoms in total. The molecular weight excluding hydrogens is 298 g/mol. The minimum atomic E-state index is -0.398. The molecule has 98 valence electrons. The molecule has 0 unspecified atom stereocenters. The fraction of sp³-hybridized carbons (Fsp3) is 0.538. The molecule has 2 rings (SSSR count). The van der Waals surface area contributed by atoms with Gasteiger partial charge in [0.25, 0.3) is 0 Å². The van der Waals surface area contributed by atoms with Crippen molar-refractivity contribution in [1.82, 2.24) is 0 Å². The molecule has 0 N–H and O–H groups in total. The van der Waals surface area contributed by atoms with Gasteiger partial charge in [-0.3, -0.25) is 10.1 Å². The molecule has 0 radical (unpaired) electrons. The van der Waals surface area contributed by atoms with Crippen LogP contribution in [0.25, 0.3) is 0 Å². The van der Waals surface area contributed by atoms with Gasteiger partial charge in [-0.05, 0) is 18.9 Å². The zero-order valence-electron chi connectivity index (χ0n) is 10.1. The van der Waals surface area contributed by atoms with Crippen LogP contribution in [0.4, 0.5) is 5.69 Å². The highest BCUT2D eigenvalue weighted by Gasteiger charge is 2.34. The van der Waals surface area contributed by atoms with Crippen LogP contribution in [0.15, 0.2) is 24.3 Å². The van der Waals surface area contributed by atoms with Gasteiger partial charge in [-0.25, -0.2) is 0 Å². The Morgan fingerprint density at radius 3 is 2.61 bits per heavy atom. The van der Waals surface area contributed by atoms with Gasteiger partial charge in [-0.1, -0.05) is 40.9 Å². The highest BCUT2D eigenvalue weighted by Crippen LogP contribution is 2.40. The number of alkyl halides is 1. The van der Waals surface area contributed by atoms with Gasteiger partial charge in [0, 0.05) is 16.8 Å². The van der Waals surface area contributed by atoms with Crippen LogP contribution >= 0.6 is 15.9 Å². The zero-order chi connectivity index (χ0) is 13.0. The Bertz CT molecular complexity index is 430. The Kier molecular flexibility index (Phi) is 4.22. The summed E-state index contributed by atoms with van der Waals surface area (Å²) >= 11 is 3.54. The summed E-state index contributed by atoms with van der Waals surface area (Å²) in [6, 6.07) is 6.55. The van der Waals surface area contributed by atoms with Crippen LogP contribution in [0.1, 0.15) is 25.7 Å². The lowest BCUT2D eigenvalue weighted by Crippen LogP contribution is -2.27. The lowest BCUT2D eigenvalue weighted by Gasteiger charge is -2.26. The summed E-state index contributed by atoms with van der Waals surface area (Å²) in [5.74, 6) is 0.370. The van der Waals surface area contributed by atoms with Crippen LogP contribution in [0.3, 0.4) is 0 Å². The highest BCUT2D eigenvalue weighted by atomic mass is 79.9. The van der Waals surface area contributed by atoms with Crippen LogP contribution in [0.5, 0.6) is 5.75 Å². The summed E-state index contributed by atoms with van der Waals surface area (Å²) in [7, 11) is 0. The monoisotopic (exact) mass is 313 g/mol. The first-order valence-electron chi connectivity index (χ1n) is 6.09. The number of nitro groups is 1. The second-order valence-corrected chi connectivity index (χ2v) is 5.41. The molecule has 0 aromatic heterocycles. The first kappa shape index (κ1) is 13.3. The molecule has 0 amide bonds. The Hall–Kier alpha value is -1.10. The van der Waals surface area contributed by atoms with Gasteiger partial charge in [-0.15, -0.1) is 0 Å². The molecule has 0 aliphatic heterocycles. The van der Waals surface area contributed by atoms with Crippen molar-refractivity contribution in [3.05, 3.63) is 34.4 Å². The fourth-order valence-corrected chi connectivity index (χ4v) is 3.13. The van der Waals surface area contributed by atoms with Gasteiger partial charge in [-0.2, -0.15) is 0 Å². The van der Waals surface area contributed by atoms with Crippen molar-refractivity contribution in [2.75, 3.05) is 11.9 Å². The van der Waals surface area contributed by atoms with Crippen molar-refractivity contribution in [2.24, 2.45) is 5.41 Å². The summed E-state index contributed by atoms with van der Waals surface area (Å²) in [6.07, 6.45) is 4.68. The Balaban J connectivity index is 2.08. The van der Waals surface area contributed by atoms with Gasteiger partial charge < -0.3 is 4.74 Å². The van der Waals surface area contributed by atoms with Gasteiger partial charge in [0.1, 0.15) is 0 Å². The summed E-state index contributed by atoms with van der Waals surface area (Å²) in [5.41, 5.74) is 0.184. The summed E-state index contributed by atoms with van der Waals surface area (Å²) in [6.45, 7) is 0.545. The molecule has 1 aromatic carbocycles. The SMILES string of the molecule is O=[N+]([O-])c1ccccc1OCC1(CBr)CCCC1. The standard InChI is InChI=1S/C13H16BrNO3/c14-9-13(7-3-4-8-13)10-18-12-6-2-1-5-11(12)15(16)17/h1-2,5-6H,3-4,7-10H2. The third-order valence-electron chi connectivity index (χ3n) is 3.54. The fourth-order valence-electron chi connectivity index (χ4n) is 2.40. The summed E-state index contributed by atoms with van der Waals surface area (Å²) < 4.78 is 5.70. The Labute approximate surface area is 115 Å². The number of nitrogens with zero attached hydrogens (tertiary/aromatic N) is 1. The molecule has 0 atom stereocenters. The van der Waals surface area contributed by atoms with Crippen molar-refractivity contribution in [3.63, 3.8) is 0 Å². The predicted molar refractivity (Wildman–Crippen MR) is 73.3 cm³/mol. The summed E-state index contributed by atoms with van der Waals surface area (Å²) in [5, 5.41) is 11.8. The average molecular weight is 314 g/mol. The largest absolute Gasteiger partial charge is 0.486 e. The van der Waals surface area contributed by atoms with E-state index in [0.29, 0.717) is 12.4 Å². The van der Waals surface area contributed by atoms with Crippen LogP contribution < -0.4 is 4.74 Å². The topological polar surface area (TPSA) is 52.4 Å². The molecule has 0 heterocycles. The van der Waals surface area contributed by atoms with E-state index in [9.17, 15) is 10.1 Å². The van der Waals surface area contributed by atoms with Crippen molar-refractivity contribution in [3.8, 4) is 5.75 Å². The molecular formula is C13H16BrNO3. The number of halogens is 1. The average Bonchev–Trinajstić information content (AvgIpc) is 2.86. The van der Waals surface area contributed by atoms with E-state index in [1.54, 1.807) is 18.2 Å². The van der Waals surface area contributed by atoms with E-state index in [0.717, 1.165) is 18.2 Å². The molecule has 1 aliphatic rings. The Morgan fingerprint density at radius 1 is 1.33 bits per heavy atom. The number of benzene rings is 1. The molecule has 1 aliphatic carbocycles. The number of hydrogen-bond donors (Lipinski definition) is 0. The van der Waals surface area contributed by atoms with Crippen molar-refractivity contribution >= 4 is 21.6 Å². The Morgan fingerprint density at radius 2 is 2.00 bits per heavy atom. The van der Waals surface area contributed by atoms with E-state index >= 15 is 0 Å². The van der Waals surface area contributed by atoms with Crippen molar-refractivity contribution in [2.45, 2.75) is 25.7 Å². The smallest absolute Gasteiger partial charge is 0.310 e. The second kappa shape index (κ2) is 5.69. The molecule has 1 aromatic rings. The second-order valence-electron chi connectivity index (χ2n) is 4.85. The maximum absolute atomic E-state index is 10.9. The van der Waals surface area contributed by atoms with E-state index in [1.165, 1.54) is 18.9 Å². The molecule has 5 heteroatoms. The number of para-hydroxylation sites is 2. The number of hydrogen-bond acceptors (Lipinski definition) is 3. The lowest BCUT2D eigenvalue weighted by atomic mass is 9.90. The third-order valence-corrected chi connectivity index (χ3v) is 4.73. The number of rotatable bonds is 5. The predicted octanol–water partition coefficient (Wildman–Crippen LogP) is 3.93. The van der Waals surface area contributed by atoms with E-state index in [1.807, 2.05) is 0 Å². The van der Waals surface area contributed by atoms with Crippen LogP contribution in [-0.4, -0.2) is 16.9 Å². The number of ether oxygens (including phenoxy) is 1. The first-order chi connectivity index (χ1) is 8.67. The highest BCUT2D eigenvalue weighted by molar-refractivity contribution is 9.09. The minimum absolute atomic E-state index is 0.0419. The van der Waals surface area contributed by atoms with E-state index in [2.05, 4.69) is 15.9 Å². The maximum atomic E-state index is 10.9. The molecule has 18 heavy (non-hydrogen) atoms. The maximum Gasteiger partial charge on any atom is 0.310 e. The van der Waals surface area contributed by atoms with Gasteiger partial charge in [0.05, 0.1) is 11.5 Å². The normalized spacial score (nSPS) is 17.6. The van der Waals surface area contributed by atoms with Crippen LogP contribution in [0, 0.1) is 15.5 Å². The minimum Gasteiger partial charge on any atom is -0.486 e. The van der Waals surface area contributed by atoms with Crippen molar-refractivity contribution in [1.29, 1.82) is 0 Å². The zero-order valence-corrected chi connectivity index (χ0v) is 11.7. The van der Waals surface area contributed by atoms with Crippen molar-refractivity contribution < 1.29 is 9.66 Å². The first-order valence-corrected chi connectivity index (χ1v) is 7.21. The van der Waals surface area contributed by atoms with Crippen LogP contribution in [0.2, 0.25) is 0 Å². The van der Waals surface area contributed by atoms with E-state index in [-0.39, 0.29) is 11.1 Å². The molecule has 0 bridgehead atoms.